The highest BCUT2D eigenvalue weighted by Crippen LogP contribution is 2.64. The number of hydrogen-bond donors (Lipinski definition) is 0. The maximum absolute atomic E-state index is 11.7. The molecule has 0 N–H and O–H groups in total. The van der Waals surface area contributed by atoms with Crippen LogP contribution in [0.25, 0.3) is 0 Å². The summed E-state index contributed by atoms with van der Waals surface area (Å²) in [6.45, 7) is 7.59. The summed E-state index contributed by atoms with van der Waals surface area (Å²) in [6.07, 6.45) is 10.9. The molecule has 0 aromatic carbocycles. The van der Waals surface area contributed by atoms with Crippen LogP contribution in [-0.2, 0) is 4.79 Å². The molecular formula is C20H30O. The monoisotopic (exact) mass is 286 g/mol. The van der Waals surface area contributed by atoms with E-state index in [1.807, 2.05) is 6.08 Å². The Hall–Kier alpha value is -0.590. The number of ketones is 1. The molecule has 0 amide bonds. The van der Waals surface area contributed by atoms with Crippen LogP contribution in [0.2, 0.25) is 0 Å². The summed E-state index contributed by atoms with van der Waals surface area (Å²) in [5, 5.41) is 0. The Morgan fingerprint density at radius 3 is 2.71 bits per heavy atom. The summed E-state index contributed by atoms with van der Waals surface area (Å²) in [6, 6.07) is 0. The van der Waals surface area contributed by atoms with E-state index in [1.165, 1.54) is 37.7 Å². The van der Waals surface area contributed by atoms with Gasteiger partial charge in [-0.3, -0.25) is 4.79 Å². The van der Waals surface area contributed by atoms with Gasteiger partial charge in [-0.15, -0.1) is 0 Å². The lowest BCUT2D eigenvalue weighted by Gasteiger charge is -2.53. The van der Waals surface area contributed by atoms with Gasteiger partial charge in [-0.1, -0.05) is 26.3 Å². The summed E-state index contributed by atoms with van der Waals surface area (Å²) < 4.78 is 0. The van der Waals surface area contributed by atoms with Crippen molar-refractivity contribution in [3.63, 3.8) is 0 Å². The van der Waals surface area contributed by atoms with E-state index in [0.29, 0.717) is 11.2 Å². The molecule has 0 aromatic heterocycles. The predicted molar refractivity (Wildman–Crippen MR) is 85.8 cm³/mol. The normalized spacial score (nSPS) is 52.7. The van der Waals surface area contributed by atoms with Crippen LogP contribution >= 0.6 is 0 Å². The highest BCUT2D eigenvalue weighted by molar-refractivity contribution is 5.91. The topological polar surface area (TPSA) is 17.1 Å². The summed E-state index contributed by atoms with van der Waals surface area (Å²) in [7, 11) is 0. The lowest BCUT2D eigenvalue weighted by Crippen LogP contribution is -2.46. The van der Waals surface area contributed by atoms with Crippen LogP contribution in [0, 0.1) is 40.9 Å². The Kier molecular flexibility index (Phi) is 3.14. The number of allylic oxidation sites excluding steroid dienone is 1. The molecule has 0 radical (unpaired) electrons. The minimum absolute atomic E-state index is 0.392. The largest absolute Gasteiger partial charge is 0.295 e. The van der Waals surface area contributed by atoms with Gasteiger partial charge in [-0.2, -0.15) is 0 Å². The molecule has 3 saturated carbocycles. The van der Waals surface area contributed by atoms with Crippen molar-refractivity contribution < 1.29 is 4.79 Å². The van der Waals surface area contributed by atoms with Crippen molar-refractivity contribution >= 4 is 5.78 Å². The molecule has 116 valence electrons. The maximum atomic E-state index is 11.7. The molecule has 0 saturated heterocycles. The van der Waals surface area contributed by atoms with Gasteiger partial charge < -0.3 is 0 Å². The fourth-order valence-electron chi connectivity index (χ4n) is 6.79. The zero-order chi connectivity index (χ0) is 14.8. The van der Waals surface area contributed by atoms with Crippen molar-refractivity contribution in [3.05, 3.63) is 11.6 Å². The molecule has 6 unspecified atom stereocenters. The fourth-order valence-corrected chi connectivity index (χ4v) is 6.79. The first kappa shape index (κ1) is 14.0. The highest BCUT2D eigenvalue weighted by atomic mass is 16.1. The third-order valence-electron chi connectivity index (χ3n) is 8.26. The Morgan fingerprint density at radius 2 is 1.90 bits per heavy atom. The van der Waals surface area contributed by atoms with Gasteiger partial charge in [0.05, 0.1) is 0 Å². The van der Waals surface area contributed by atoms with Gasteiger partial charge in [0.25, 0.3) is 0 Å². The van der Waals surface area contributed by atoms with Crippen molar-refractivity contribution in [1.29, 1.82) is 0 Å². The summed E-state index contributed by atoms with van der Waals surface area (Å²) in [5.74, 6) is 5.76. The van der Waals surface area contributed by atoms with Crippen LogP contribution in [0.15, 0.2) is 11.6 Å². The zero-order valence-electron chi connectivity index (χ0n) is 13.9. The second kappa shape index (κ2) is 4.70. The van der Waals surface area contributed by atoms with Crippen molar-refractivity contribution in [2.24, 2.45) is 40.9 Å². The smallest absolute Gasteiger partial charge is 0.155 e. The number of carbonyl (C=O) groups excluding carboxylic acids is 1. The van der Waals surface area contributed by atoms with E-state index in [2.05, 4.69) is 20.8 Å². The Labute approximate surface area is 129 Å². The first-order chi connectivity index (χ1) is 10.0. The quantitative estimate of drug-likeness (QED) is 0.611. The molecule has 4 rings (SSSR count). The molecule has 0 spiro atoms. The molecule has 0 aromatic rings. The Morgan fingerprint density at radius 1 is 1.10 bits per heavy atom. The standard InChI is InChI=1S/C20H30O/c1-12-10-19-18-6-4-14-11-15(21)5-7-16(14)17(18)8-9-20(19,3)13(12)2/h11-13,16-19H,4-10H2,1-3H3/t12-,13?,16?,17?,18?,19?,20?/m1/s1. The predicted octanol–water partition coefficient (Wildman–Crippen LogP) is 5.01. The van der Waals surface area contributed by atoms with E-state index in [1.54, 1.807) is 0 Å². The molecule has 21 heavy (non-hydrogen) atoms. The van der Waals surface area contributed by atoms with Gasteiger partial charge in [-0.05, 0) is 85.5 Å². The van der Waals surface area contributed by atoms with E-state index in [0.717, 1.165) is 48.3 Å². The first-order valence-electron chi connectivity index (χ1n) is 9.24. The highest BCUT2D eigenvalue weighted by Gasteiger charge is 2.56. The van der Waals surface area contributed by atoms with Crippen LogP contribution in [0.5, 0.6) is 0 Å². The third-order valence-corrected chi connectivity index (χ3v) is 8.26. The molecule has 4 aliphatic rings. The second-order valence-corrected chi connectivity index (χ2v) is 8.85. The number of rotatable bonds is 0. The minimum atomic E-state index is 0.392. The van der Waals surface area contributed by atoms with Crippen LogP contribution in [0.1, 0.15) is 65.7 Å². The fraction of sp³-hybridized carbons (Fsp3) is 0.850. The molecule has 0 aliphatic heterocycles. The third kappa shape index (κ3) is 1.92. The van der Waals surface area contributed by atoms with Gasteiger partial charge in [0, 0.05) is 6.42 Å². The molecule has 1 heteroatoms. The van der Waals surface area contributed by atoms with Crippen molar-refractivity contribution in [1.82, 2.24) is 0 Å². The van der Waals surface area contributed by atoms with Crippen LogP contribution in [0.3, 0.4) is 0 Å². The molecule has 3 fully saturated rings. The van der Waals surface area contributed by atoms with Crippen LogP contribution in [-0.4, -0.2) is 5.78 Å². The molecule has 7 atom stereocenters. The van der Waals surface area contributed by atoms with Crippen molar-refractivity contribution in [2.45, 2.75) is 65.7 Å². The van der Waals surface area contributed by atoms with E-state index in [9.17, 15) is 4.79 Å². The van der Waals surface area contributed by atoms with Crippen LogP contribution < -0.4 is 0 Å². The summed E-state index contributed by atoms with van der Waals surface area (Å²) in [4.78, 5) is 11.7. The SMILES string of the molecule is CC1[C@H](C)CC2C3CCC4=CC(=O)CCC4C3CCC21C. The lowest BCUT2D eigenvalue weighted by molar-refractivity contribution is -0.116. The number of fused-ring (bicyclic) bond motifs is 5. The number of carbonyl (C=O) groups is 1. The lowest BCUT2D eigenvalue weighted by atomic mass is 9.51. The molecule has 1 nitrogen and oxygen atoms in total. The van der Waals surface area contributed by atoms with Crippen LogP contribution in [0.4, 0.5) is 0 Å². The maximum Gasteiger partial charge on any atom is 0.155 e. The minimum Gasteiger partial charge on any atom is -0.295 e. The van der Waals surface area contributed by atoms with E-state index >= 15 is 0 Å². The molecule has 0 bridgehead atoms. The molecule has 4 aliphatic carbocycles. The van der Waals surface area contributed by atoms with Gasteiger partial charge in [0.15, 0.2) is 5.78 Å². The van der Waals surface area contributed by atoms with Crippen molar-refractivity contribution in [3.8, 4) is 0 Å². The van der Waals surface area contributed by atoms with Gasteiger partial charge in [0.1, 0.15) is 0 Å². The second-order valence-electron chi connectivity index (χ2n) is 8.85. The zero-order valence-corrected chi connectivity index (χ0v) is 13.9. The summed E-state index contributed by atoms with van der Waals surface area (Å²) in [5.41, 5.74) is 2.13. The summed E-state index contributed by atoms with van der Waals surface area (Å²) >= 11 is 0. The van der Waals surface area contributed by atoms with Gasteiger partial charge in [0.2, 0.25) is 0 Å². The van der Waals surface area contributed by atoms with E-state index in [4.69, 9.17) is 0 Å². The van der Waals surface area contributed by atoms with Crippen molar-refractivity contribution in [2.75, 3.05) is 0 Å². The van der Waals surface area contributed by atoms with Gasteiger partial charge in [-0.25, -0.2) is 0 Å². The molecule has 0 heterocycles. The number of hydrogen-bond acceptors (Lipinski definition) is 1. The molecular weight excluding hydrogens is 256 g/mol. The van der Waals surface area contributed by atoms with Gasteiger partial charge >= 0.3 is 0 Å². The van der Waals surface area contributed by atoms with E-state index in [-0.39, 0.29) is 0 Å². The average molecular weight is 286 g/mol. The first-order valence-corrected chi connectivity index (χ1v) is 9.24. The Bertz CT molecular complexity index is 490. The van der Waals surface area contributed by atoms with E-state index < -0.39 is 0 Å². The Balaban J connectivity index is 1.64. The average Bonchev–Trinajstić information content (AvgIpc) is 2.70.